The molecule has 0 aliphatic carbocycles. The van der Waals surface area contributed by atoms with E-state index < -0.39 is 12.0 Å². The van der Waals surface area contributed by atoms with Crippen LogP contribution in [0, 0.1) is 0 Å². The van der Waals surface area contributed by atoms with Gasteiger partial charge in [0.1, 0.15) is 5.76 Å². The van der Waals surface area contributed by atoms with Gasteiger partial charge in [0, 0.05) is 0 Å². The summed E-state index contributed by atoms with van der Waals surface area (Å²) in [6, 6.07) is 2.14. The van der Waals surface area contributed by atoms with Gasteiger partial charge in [-0.05, 0) is 23.7 Å². The van der Waals surface area contributed by atoms with Crippen molar-refractivity contribution in [1.29, 1.82) is 0 Å². The van der Waals surface area contributed by atoms with Gasteiger partial charge >= 0.3 is 5.97 Å². The van der Waals surface area contributed by atoms with Crippen LogP contribution in [-0.2, 0) is 9.53 Å². The summed E-state index contributed by atoms with van der Waals surface area (Å²) in [6.07, 6.45) is 0. The topological polar surface area (TPSA) is 65.5 Å². The van der Waals surface area contributed by atoms with Gasteiger partial charge in [0.2, 0.25) is 0 Å². The third kappa shape index (κ3) is 1.78. The Labute approximate surface area is 74.2 Å². The van der Waals surface area contributed by atoms with Crippen molar-refractivity contribution in [2.24, 2.45) is 5.73 Å². The SMILES string of the molecule is COC(=O)C(N)c1ccc(Cl)o1. The molecule has 0 aromatic carbocycles. The minimum absolute atomic E-state index is 0.198. The first-order chi connectivity index (χ1) is 5.65. The summed E-state index contributed by atoms with van der Waals surface area (Å²) in [4.78, 5) is 10.9. The van der Waals surface area contributed by atoms with E-state index in [0.717, 1.165) is 0 Å². The molecule has 1 heterocycles. The fourth-order valence-corrected chi connectivity index (χ4v) is 0.891. The molecule has 1 aromatic rings. The van der Waals surface area contributed by atoms with E-state index in [0.29, 0.717) is 5.76 Å². The quantitative estimate of drug-likeness (QED) is 0.708. The molecule has 12 heavy (non-hydrogen) atoms. The van der Waals surface area contributed by atoms with Gasteiger partial charge in [-0.1, -0.05) is 0 Å². The number of methoxy groups -OCH3 is 1. The second-order valence-electron chi connectivity index (χ2n) is 2.14. The van der Waals surface area contributed by atoms with E-state index in [-0.39, 0.29) is 5.22 Å². The molecular weight excluding hydrogens is 182 g/mol. The van der Waals surface area contributed by atoms with Gasteiger partial charge in [0.05, 0.1) is 7.11 Å². The molecule has 1 atom stereocenters. The Kier molecular flexibility index (Phi) is 2.73. The monoisotopic (exact) mass is 189 g/mol. The van der Waals surface area contributed by atoms with Gasteiger partial charge in [-0.15, -0.1) is 0 Å². The number of nitrogens with two attached hydrogens (primary N) is 1. The molecule has 2 N–H and O–H groups in total. The number of furan rings is 1. The van der Waals surface area contributed by atoms with Crippen molar-refractivity contribution in [3.8, 4) is 0 Å². The van der Waals surface area contributed by atoms with E-state index in [9.17, 15) is 4.79 Å². The van der Waals surface area contributed by atoms with Gasteiger partial charge in [0.15, 0.2) is 11.3 Å². The lowest BCUT2D eigenvalue weighted by Crippen LogP contribution is -2.21. The number of hydrogen-bond donors (Lipinski definition) is 1. The molecule has 1 unspecified atom stereocenters. The van der Waals surface area contributed by atoms with Gasteiger partial charge in [-0.25, -0.2) is 4.79 Å². The van der Waals surface area contributed by atoms with E-state index in [1.54, 1.807) is 0 Å². The second-order valence-corrected chi connectivity index (χ2v) is 2.52. The van der Waals surface area contributed by atoms with Crippen LogP contribution in [0.3, 0.4) is 0 Å². The first-order valence-corrected chi connectivity index (χ1v) is 3.61. The lowest BCUT2D eigenvalue weighted by molar-refractivity contribution is -0.142. The highest BCUT2D eigenvalue weighted by Crippen LogP contribution is 2.18. The smallest absolute Gasteiger partial charge is 0.330 e. The highest BCUT2D eigenvalue weighted by Gasteiger charge is 2.19. The summed E-state index contributed by atoms with van der Waals surface area (Å²) in [5, 5.41) is 0.198. The molecule has 66 valence electrons. The summed E-state index contributed by atoms with van der Waals surface area (Å²) < 4.78 is 9.32. The molecule has 1 rings (SSSR count). The van der Waals surface area contributed by atoms with E-state index in [1.807, 2.05) is 0 Å². The number of ether oxygens (including phenoxy) is 1. The van der Waals surface area contributed by atoms with Crippen molar-refractivity contribution >= 4 is 17.6 Å². The first-order valence-electron chi connectivity index (χ1n) is 3.24. The molecule has 0 saturated heterocycles. The molecule has 0 spiro atoms. The van der Waals surface area contributed by atoms with Crippen LogP contribution in [0.4, 0.5) is 0 Å². The number of halogens is 1. The maximum atomic E-state index is 10.9. The Balaban J connectivity index is 2.77. The van der Waals surface area contributed by atoms with Crippen molar-refractivity contribution in [3.63, 3.8) is 0 Å². The summed E-state index contributed by atoms with van der Waals surface area (Å²) in [5.41, 5.74) is 5.44. The van der Waals surface area contributed by atoms with Gasteiger partial charge in [0.25, 0.3) is 0 Å². The maximum absolute atomic E-state index is 10.9. The Bertz CT molecular complexity index is 284. The summed E-state index contributed by atoms with van der Waals surface area (Å²) in [5.74, 6) is -0.257. The number of carbonyl (C=O) groups excluding carboxylic acids is 1. The van der Waals surface area contributed by atoms with Crippen LogP contribution in [0.15, 0.2) is 16.5 Å². The average Bonchev–Trinajstić information content (AvgIpc) is 2.49. The van der Waals surface area contributed by atoms with E-state index in [1.165, 1.54) is 19.2 Å². The number of carbonyl (C=O) groups is 1. The zero-order valence-corrected chi connectivity index (χ0v) is 7.17. The minimum Gasteiger partial charge on any atom is -0.468 e. The van der Waals surface area contributed by atoms with E-state index >= 15 is 0 Å². The molecule has 1 aromatic heterocycles. The third-order valence-electron chi connectivity index (χ3n) is 1.36. The normalized spacial score (nSPS) is 12.6. The molecule has 0 radical (unpaired) electrons. The first kappa shape index (κ1) is 9.09. The van der Waals surface area contributed by atoms with Crippen molar-refractivity contribution in [2.45, 2.75) is 6.04 Å². The van der Waals surface area contributed by atoms with E-state index in [4.69, 9.17) is 21.8 Å². The van der Waals surface area contributed by atoms with E-state index in [2.05, 4.69) is 4.74 Å². The van der Waals surface area contributed by atoms with Crippen molar-refractivity contribution in [2.75, 3.05) is 7.11 Å². The molecule has 0 aliphatic heterocycles. The fraction of sp³-hybridized carbons (Fsp3) is 0.286. The van der Waals surface area contributed by atoms with Gasteiger partial charge in [-0.3, -0.25) is 0 Å². The van der Waals surface area contributed by atoms with Crippen molar-refractivity contribution in [3.05, 3.63) is 23.1 Å². The largest absolute Gasteiger partial charge is 0.468 e. The summed E-state index contributed by atoms with van der Waals surface area (Å²) >= 11 is 5.48. The molecule has 0 aliphatic rings. The zero-order chi connectivity index (χ0) is 9.14. The predicted octanol–water partition coefficient (Wildman–Crippen LogP) is 1.11. The van der Waals surface area contributed by atoms with Crippen LogP contribution in [-0.4, -0.2) is 13.1 Å². The minimum atomic E-state index is -0.900. The predicted molar refractivity (Wildman–Crippen MR) is 42.7 cm³/mol. The van der Waals surface area contributed by atoms with Crippen LogP contribution in [0.25, 0.3) is 0 Å². The molecule has 0 saturated carbocycles. The highest BCUT2D eigenvalue weighted by atomic mass is 35.5. The van der Waals surface area contributed by atoms with Crippen LogP contribution >= 0.6 is 11.6 Å². The average molecular weight is 190 g/mol. The van der Waals surface area contributed by atoms with Gasteiger partial charge in [-0.2, -0.15) is 0 Å². The molecule has 0 amide bonds. The third-order valence-corrected chi connectivity index (χ3v) is 1.56. The second kappa shape index (κ2) is 3.60. The molecular formula is C7H8ClNO3. The number of esters is 1. The standard InChI is InChI=1S/C7H8ClNO3/c1-11-7(10)6(9)4-2-3-5(8)12-4/h2-3,6H,9H2,1H3. The van der Waals surface area contributed by atoms with Gasteiger partial charge < -0.3 is 14.9 Å². The fourth-order valence-electron chi connectivity index (χ4n) is 0.739. The lowest BCUT2D eigenvalue weighted by Gasteiger charge is -2.04. The Morgan fingerprint density at radius 2 is 2.42 bits per heavy atom. The number of rotatable bonds is 2. The number of hydrogen-bond acceptors (Lipinski definition) is 4. The molecule has 4 nitrogen and oxygen atoms in total. The lowest BCUT2D eigenvalue weighted by atomic mass is 10.2. The summed E-state index contributed by atoms with van der Waals surface area (Å²) in [7, 11) is 1.26. The highest BCUT2D eigenvalue weighted by molar-refractivity contribution is 6.28. The van der Waals surface area contributed by atoms with Crippen molar-refractivity contribution in [1.82, 2.24) is 0 Å². The van der Waals surface area contributed by atoms with Crippen LogP contribution in [0.2, 0.25) is 5.22 Å². The summed E-state index contributed by atoms with van der Waals surface area (Å²) in [6.45, 7) is 0. The van der Waals surface area contributed by atoms with Crippen LogP contribution in [0.5, 0.6) is 0 Å². The van der Waals surface area contributed by atoms with Crippen LogP contribution in [0.1, 0.15) is 11.8 Å². The molecule has 0 bridgehead atoms. The molecule has 5 heteroatoms. The van der Waals surface area contributed by atoms with Crippen LogP contribution < -0.4 is 5.73 Å². The molecule has 0 fully saturated rings. The Morgan fingerprint density at radius 3 is 2.83 bits per heavy atom. The Hall–Kier alpha value is -1.00. The maximum Gasteiger partial charge on any atom is 0.330 e. The Morgan fingerprint density at radius 1 is 1.75 bits per heavy atom. The zero-order valence-electron chi connectivity index (χ0n) is 6.41. The van der Waals surface area contributed by atoms with Crippen molar-refractivity contribution < 1.29 is 13.9 Å².